The standard InChI is InChI=1S/C22H33N5O.ClH/c1-2-12-26-21-18(24-19(25-21)16-10-6-7-11-16)20-23-17(14-27(20)22(26)28)13-15-8-4-3-5-9-15;/h15-17H,2-14H2,1H3,(H,24,25);1H/t17-;/m0./s1. The quantitative estimate of drug-likeness (QED) is 0.709. The third kappa shape index (κ3) is 3.80. The van der Waals surface area contributed by atoms with E-state index in [1.165, 1.54) is 57.8 Å². The molecule has 1 aromatic heterocycles. The number of aromatic amines is 1. The molecule has 0 aromatic carbocycles. The molecule has 7 heteroatoms. The predicted molar refractivity (Wildman–Crippen MR) is 118 cm³/mol. The van der Waals surface area contributed by atoms with Crippen LogP contribution in [0, 0.1) is 5.92 Å². The van der Waals surface area contributed by atoms with Crippen molar-refractivity contribution in [3.8, 4) is 0 Å². The van der Waals surface area contributed by atoms with Crippen LogP contribution in [0.4, 0.5) is 10.6 Å². The minimum absolute atomic E-state index is 0. The molecule has 6 nitrogen and oxygen atoms in total. The summed E-state index contributed by atoms with van der Waals surface area (Å²) in [6.45, 7) is 3.58. The second kappa shape index (κ2) is 8.66. The lowest BCUT2D eigenvalue weighted by molar-refractivity contribution is 0.224. The van der Waals surface area contributed by atoms with Crippen molar-refractivity contribution in [3.05, 3.63) is 11.5 Å². The fraction of sp³-hybridized carbons (Fsp3) is 0.773. The van der Waals surface area contributed by atoms with E-state index in [4.69, 9.17) is 9.98 Å². The maximum absolute atomic E-state index is 13.2. The number of anilines is 1. The molecular weight excluding hydrogens is 386 g/mol. The number of urea groups is 1. The van der Waals surface area contributed by atoms with Crippen LogP contribution in [-0.2, 0) is 0 Å². The van der Waals surface area contributed by atoms with E-state index >= 15 is 0 Å². The van der Waals surface area contributed by atoms with Crippen molar-refractivity contribution in [3.63, 3.8) is 0 Å². The number of hydrogen-bond acceptors (Lipinski definition) is 3. The molecule has 0 unspecified atom stereocenters. The highest BCUT2D eigenvalue weighted by atomic mass is 35.5. The first-order chi connectivity index (χ1) is 13.7. The Kier molecular flexibility index (Phi) is 6.19. The first kappa shape index (κ1) is 20.7. The summed E-state index contributed by atoms with van der Waals surface area (Å²) in [5.41, 5.74) is 0.987. The Bertz CT molecular complexity index is 763. The van der Waals surface area contributed by atoms with Crippen molar-refractivity contribution >= 4 is 30.1 Å². The number of aliphatic imine (C=N–C) groups is 1. The molecule has 160 valence electrons. The molecule has 2 aliphatic carbocycles. The molecule has 1 atom stereocenters. The number of imidazole rings is 1. The van der Waals surface area contributed by atoms with Crippen molar-refractivity contribution < 1.29 is 4.79 Å². The fourth-order valence-electron chi connectivity index (χ4n) is 5.67. The number of hydrogen-bond donors (Lipinski definition) is 1. The van der Waals surface area contributed by atoms with Gasteiger partial charge in [-0.1, -0.05) is 51.9 Å². The highest BCUT2D eigenvalue weighted by Crippen LogP contribution is 2.38. The lowest BCUT2D eigenvalue weighted by atomic mass is 9.85. The number of fused-ring (bicyclic) bond motifs is 3. The number of H-pyrrole nitrogens is 1. The monoisotopic (exact) mass is 419 g/mol. The van der Waals surface area contributed by atoms with Gasteiger partial charge in [0.15, 0.2) is 11.7 Å². The molecule has 3 heterocycles. The number of aromatic nitrogens is 2. The number of amidine groups is 1. The summed E-state index contributed by atoms with van der Waals surface area (Å²) in [6, 6.07) is 0.318. The molecule has 2 amide bonds. The zero-order valence-electron chi connectivity index (χ0n) is 17.5. The van der Waals surface area contributed by atoms with Crippen LogP contribution in [0.15, 0.2) is 4.99 Å². The molecule has 5 rings (SSSR count). The van der Waals surface area contributed by atoms with E-state index in [1.54, 1.807) is 0 Å². The van der Waals surface area contributed by atoms with Crippen molar-refractivity contribution in [2.24, 2.45) is 10.9 Å². The van der Waals surface area contributed by atoms with Gasteiger partial charge >= 0.3 is 6.03 Å². The highest BCUT2D eigenvalue weighted by molar-refractivity contribution is 6.18. The molecule has 1 N–H and O–H groups in total. The van der Waals surface area contributed by atoms with Gasteiger partial charge in [0, 0.05) is 12.5 Å². The lowest BCUT2D eigenvalue weighted by Crippen LogP contribution is -2.50. The molecule has 4 aliphatic rings. The lowest BCUT2D eigenvalue weighted by Gasteiger charge is -2.32. The predicted octanol–water partition coefficient (Wildman–Crippen LogP) is 5.24. The van der Waals surface area contributed by atoms with Gasteiger partial charge in [-0.05, 0) is 31.6 Å². The number of rotatable bonds is 5. The molecule has 0 bridgehead atoms. The Morgan fingerprint density at radius 2 is 1.79 bits per heavy atom. The van der Waals surface area contributed by atoms with E-state index < -0.39 is 0 Å². The van der Waals surface area contributed by atoms with Crippen molar-refractivity contribution in [2.75, 3.05) is 18.0 Å². The second-order valence-corrected chi connectivity index (χ2v) is 9.19. The fourth-order valence-corrected chi connectivity index (χ4v) is 5.67. The van der Waals surface area contributed by atoms with E-state index in [0.29, 0.717) is 5.92 Å². The van der Waals surface area contributed by atoms with Crippen LogP contribution in [0.2, 0.25) is 0 Å². The molecule has 2 fully saturated rings. The van der Waals surface area contributed by atoms with Gasteiger partial charge < -0.3 is 4.98 Å². The number of nitrogens with zero attached hydrogens (tertiary/aromatic N) is 4. The van der Waals surface area contributed by atoms with Gasteiger partial charge in [0.2, 0.25) is 0 Å². The van der Waals surface area contributed by atoms with Gasteiger partial charge in [0.05, 0.1) is 12.6 Å². The number of carbonyl (C=O) groups excluding carboxylic acids is 1. The Labute approximate surface area is 180 Å². The second-order valence-electron chi connectivity index (χ2n) is 9.19. The summed E-state index contributed by atoms with van der Waals surface area (Å²) in [6.07, 6.45) is 13.8. The van der Waals surface area contributed by atoms with Crippen molar-refractivity contribution in [2.45, 2.75) is 89.5 Å². The zero-order chi connectivity index (χ0) is 19.1. The third-order valence-electron chi connectivity index (χ3n) is 7.12. The summed E-state index contributed by atoms with van der Waals surface area (Å²) >= 11 is 0. The van der Waals surface area contributed by atoms with Crippen LogP contribution >= 0.6 is 12.4 Å². The Morgan fingerprint density at radius 1 is 1.07 bits per heavy atom. The van der Waals surface area contributed by atoms with Gasteiger partial charge in [-0.15, -0.1) is 12.4 Å². The van der Waals surface area contributed by atoms with Crippen LogP contribution in [0.1, 0.15) is 95.0 Å². The van der Waals surface area contributed by atoms with Crippen LogP contribution < -0.4 is 4.90 Å². The van der Waals surface area contributed by atoms with E-state index in [1.807, 2.05) is 9.80 Å². The molecule has 0 spiro atoms. The minimum atomic E-state index is 0. The summed E-state index contributed by atoms with van der Waals surface area (Å²) < 4.78 is 0. The van der Waals surface area contributed by atoms with E-state index in [2.05, 4.69) is 11.9 Å². The van der Waals surface area contributed by atoms with E-state index in [9.17, 15) is 4.79 Å². The molecule has 0 radical (unpaired) electrons. The molecule has 29 heavy (non-hydrogen) atoms. The summed E-state index contributed by atoms with van der Waals surface area (Å²) in [7, 11) is 0. The maximum Gasteiger partial charge on any atom is 0.331 e. The number of amides is 2. The van der Waals surface area contributed by atoms with Crippen LogP contribution in [0.5, 0.6) is 0 Å². The normalized spacial score (nSPS) is 25.1. The maximum atomic E-state index is 13.2. The van der Waals surface area contributed by atoms with Gasteiger partial charge in [0.1, 0.15) is 11.5 Å². The van der Waals surface area contributed by atoms with Crippen LogP contribution in [-0.4, -0.2) is 45.9 Å². The van der Waals surface area contributed by atoms with Crippen molar-refractivity contribution in [1.29, 1.82) is 0 Å². The number of nitrogens with one attached hydrogen (secondary N) is 1. The summed E-state index contributed by atoms with van der Waals surface area (Å²) in [4.78, 5) is 30.6. The minimum Gasteiger partial charge on any atom is -0.337 e. The first-order valence-electron chi connectivity index (χ1n) is 11.5. The summed E-state index contributed by atoms with van der Waals surface area (Å²) in [5, 5.41) is 0. The van der Waals surface area contributed by atoms with Gasteiger partial charge in [-0.3, -0.25) is 14.8 Å². The smallest absolute Gasteiger partial charge is 0.331 e. The molecule has 0 saturated heterocycles. The highest BCUT2D eigenvalue weighted by Gasteiger charge is 2.43. The van der Waals surface area contributed by atoms with Gasteiger partial charge in [0.25, 0.3) is 0 Å². The van der Waals surface area contributed by atoms with Crippen LogP contribution in [0.25, 0.3) is 0 Å². The third-order valence-corrected chi connectivity index (χ3v) is 7.12. The molecular formula is C22H34ClN5O. The van der Waals surface area contributed by atoms with Gasteiger partial charge in [-0.25, -0.2) is 9.78 Å². The Balaban J connectivity index is 0.00000205. The molecule has 2 aliphatic heterocycles. The average molecular weight is 420 g/mol. The van der Waals surface area contributed by atoms with E-state index in [-0.39, 0.29) is 24.5 Å². The van der Waals surface area contributed by atoms with Crippen LogP contribution in [0.3, 0.4) is 0 Å². The average Bonchev–Trinajstić information content (AvgIpc) is 3.44. The number of halogens is 1. The molecule has 1 aromatic rings. The van der Waals surface area contributed by atoms with Gasteiger partial charge in [-0.2, -0.15) is 0 Å². The Hall–Kier alpha value is -1.56. The topological polar surface area (TPSA) is 64.6 Å². The number of carbonyl (C=O) groups is 1. The first-order valence-corrected chi connectivity index (χ1v) is 11.5. The molecule has 2 saturated carbocycles. The zero-order valence-corrected chi connectivity index (χ0v) is 18.3. The SMILES string of the molecule is CCCN1C(=O)N2C[C@H](CC3CCCCC3)N=C2c2[nH]c(C3CCCC3)nc21.Cl. The Morgan fingerprint density at radius 3 is 2.52 bits per heavy atom. The summed E-state index contributed by atoms with van der Waals surface area (Å²) in [5.74, 6) is 4.03. The largest absolute Gasteiger partial charge is 0.337 e. The van der Waals surface area contributed by atoms with Crippen molar-refractivity contribution in [1.82, 2.24) is 14.9 Å². The van der Waals surface area contributed by atoms with E-state index in [0.717, 1.165) is 55.0 Å².